The van der Waals surface area contributed by atoms with E-state index in [1.54, 1.807) is 19.2 Å². The minimum Gasteiger partial charge on any atom is -0.491 e. The fraction of sp³-hybridized carbons (Fsp3) is 0.562. The van der Waals surface area contributed by atoms with Gasteiger partial charge in [-0.2, -0.15) is 0 Å². The lowest BCUT2D eigenvalue weighted by atomic mass is 10.2. The fourth-order valence-electron chi connectivity index (χ4n) is 1.60. The molecule has 0 saturated heterocycles. The van der Waals surface area contributed by atoms with E-state index in [-0.39, 0.29) is 5.56 Å². The number of benzene rings is 1. The van der Waals surface area contributed by atoms with E-state index in [2.05, 4.69) is 0 Å². The second-order valence-electron chi connectivity index (χ2n) is 4.51. The van der Waals surface area contributed by atoms with Crippen LogP contribution < -0.4 is 4.74 Å². The van der Waals surface area contributed by atoms with Crippen LogP contribution in [0.15, 0.2) is 24.3 Å². The van der Waals surface area contributed by atoms with Crippen molar-refractivity contribution in [3.05, 3.63) is 29.8 Å². The van der Waals surface area contributed by atoms with Gasteiger partial charge in [-0.3, -0.25) is 0 Å². The molecule has 0 spiro atoms. The van der Waals surface area contributed by atoms with Gasteiger partial charge < -0.3 is 28.8 Å². The van der Waals surface area contributed by atoms with Crippen molar-refractivity contribution in [2.45, 2.75) is 0 Å². The number of hydrogen-bond donors (Lipinski definition) is 1. The van der Waals surface area contributed by atoms with E-state index < -0.39 is 5.97 Å². The first-order valence-electron chi connectivity index (χ1n) is 7.42. The summed E-state index contributed by atoms with van der Waals surface area (Å²) in [6.07, 6.45) is 0. The van der Waals surface area contributed by atoms with Crippen molar-refractivity contribution in [2.24, 2.45) is 0 Å². The highest BCUT2D eigenvalue weighted by Gasteiger charge is 2.01. The Bertz CT molecular complexity index is 419. The van der Waals surface area contributed by atoms with Crippen LogP contribution in [-0.2, 0) is 18.9 Å². The van der Waals surface area contributed by atoms with Crippen molar-refractivity contribution in [1.82, 2.24) is 0 Å². The summed E-state index contributed by atoms with van der Waals surface area (Å²) in [6, 6.07) is 6.24. The van der Waals surface area contributed by atoms with Crippen molar-refractivity contribution in [2.75, 3.05) is 60.0 Å². The second kappa shape index (κ2) is 12.8. The zero-order valence-corrected chi connectivity index (χ0v) is 13.4. The Morgan fingerprint density at radius 1 is 0.826 bits per heavy atom. The molecule has 0 aliphatic heterocycles. The Kier molecular flexibility index (Phi) is 10.8. The summed E-state index contributed by atoms with van der Waals surface area (Å²) in [7, 11) is 1.63. The number of carbonyl (C=O) groups is 1. The predicted molar refractivity (Wildman–Crippen MR) is 83.2 cm³/mol. The molecule has 0 fully saturated rings. The minimum atomic E-state index is -0.955. The van der Waals surface area contributed by atoms with Crippen molar-refractivity contribution in [3.8, 4) is 5.75 Å². The monoisotopic (exact) mass is 328 g/mol. The van der Waals surface area contributed by atoms with Gasteiger partial charge in [-0.25, -0.2) is 4.79 Å². The number of methoxy groups -OCH3 is 1. The van der Waals surface area contributed by atoms with Gasteiger partial charge in [-0.1, -0.05) is 0 Å². The quantitative estimate of drug-likeness (QED) is 0.518. The summed E-state index contributed by atoms with van der Waals surface area (Å²) >= 11 is 0. The van der Waals surface area contributed by atoms with Crippen LogP contribution >= 0.6 is 0 Å². The average molecular weight is 328 g/mol. The van der Waals surface area contributed by atoms with E-state index in [9.17, 15) is 4.79 Å². The maximum Gasteiger partial charge on any atom is 0.335 e. The summed E-state index contributed by atoms with van der Waals surface area (Å²) in [5.41, 5.74) is 0.233. The highest BCUT2D eigenvalue weighted by molar-refractivity contribution is 5.87. The largest absolute Gasteiger partial charge is 0.491 e. The Morgan fingerprint density at radius 2 is 1.30 bits per heavy atom. The first-order valence-corrected chi connectivity index (χ1v) is 7.42. The SMILES string of the molecule is COCCOCCOCCOCCOc1ccc(C(=O)O)cc1. The van der Waals surface area contributed by atoms with Crippen LogP contribution in [0.5, 0.6) is 5.75 Å². The fourth-order valence-corrected chi connectivity index (χ4v) is 1.60. The molecular weight excluding hydrogens is 304 g/mol. The Hall–Kier alpha value is -1.67. The number of aromatic carboxylic acids is 1. The highest BCUT2D eigenvalue weighted by Crippen LogP contribution is 2.11. The molecule has 0 bridgehead atoms. The summed E-state index contributed by atoms with van der Waals surface area (Å²) in [5, 5.41) is 8.78. The second-order valence-corrected chi connectivity index (χ2v) is 4.51. The van der Waals surface area contributed by atoms with Crippen LogP contribution in [-0.4, -0.2) is 71.0 Å². The maximum absolute atomic E-state index is 10.7. The molecule has 0 atom stereocenters. The summed E-state index contributed by atoms with van der Waals surface area (Å²) in [6.45, 7) is 4.04. The molecule has 0 saturated carbocycles. The molecule has 130 valence electrons. The van der Waals surface area contributed by atoms with Crippen molar-refractivity contribution in [1.29, 1.82) is 0 Å². The number of carboxylic acid groups (broad SMARTS) is 1. The third kappa shape index (κ3) is 9.85. The van der Waals surface area contributed by atoms with Crippen molar-refractivity contribution < 1.29 is 33.6 Å². The zero-order valence-electron chi connectivity index (χ0n) is 13.4. The molecule has 0 heterocycles. The van der Waals surface area contributed by atoms with Gasteiger partial charge in [-0.15, -0.1) is 0 Å². The normalized spacial score (nSPS) is 10.7. The zero-order chi connectivity index (χ0) is 16.8. The summed E-state index contributed by atoms with van der Waals surface area (Å²) in [5.74, 6) is -0.341. The first-order chi connectivity index (χ1) is 11.2. The van der Waals surface area contributed by atoms with Crippen LogP contribution in [0.1, 0.15) is 10.4 Å². The number of carboxylic acids is 1. The van der Waals surface area contributed by atoms with Crippen molar-refractivity contribution in [3.63, 3.8) is 0 Å². The van der Waals surface area contributed by atoms with Crippen LogP contribution in [0, 0.1) is 0 Å². The van der Waals surface area contributed by atoms with Gasteiger partial charge in [0.05, 0.1) is 51.8 Å². The van der Waals surface area contributed by atoms with Gasteiger partial charge in [0.25, 0.3) is 0 Å². The number of rotatable bonds is 14. The minimum absolute atomic E-state index is 0.233. The van der Waals surface area contributed by atoms with Crippen LogP contribution in [0.2, 0.25) is 0 Å². The number of ether oxygens (including phenoxy) is 5. The van der Waals surface area contributed by atoms with Crippen LogP contribution in [0.3, 0.4) is 0 Å². The summed E-state index contributed by atoms with van der Waals surface area (Å²) < 4.78 is 26.2. The van der Waals surface area contributed by atoms with Gasteiger partial charge in [-0.05, 0) is 24.3 Å². The summed E-state index contributed by atoms with van der Waals surface area (Å²) in [4.78, 5) is 10.7. The Balaban J connectivity index is 1.90. The van der Waals surface area contributed by atoms with Gasteiger partial charge >= 0.3 is 5.97 Å². The molecule has 23 heavy (non-hydrogen) atoms. The lowest BCUT2D eigenvalue weighted by molar-refractivity contribution is 0.000163. The molecule has 7 heteroatoms. The molecule has 0 aliphatic carbocycles. The van der Waals surface area contributed by atoms with E-state index in [1.165, 1.54) is 12.1 Å². The van der Waals surface area contributed by atoms with Crippen molar-refractivity contribution >= 4 is 5.97 Å². The number of hydrogen-bond acceptors (Lipinski definition) is 6. The first kappa shape index (κ1) is 19.4. The molecule has 1 rings (SSSR count). The molecular formula is C16H24O7. The Labute approximate surface area is 136 Å². The smallest absolute Gasteiger partial charge is 0.335 e. The van der Waals surface area contributed by atoms with E-state index in [0.29, 0.717) is 58.6 Å². The molecule has 0 aromatic heterocycles. The standard InChI is InChI=1S/C16H24O7/c1-19-6-7-20-8-9-21-10-11-22-12-13-23-15-4-2-14(3-5-15)16(17)18/h2-5H,6-13H2,1H3,(H,17,18). The average Bonchev–Trinajstić information content (AvgIpc) is 2.56. The molecule has 7 nitrogen and oxygen atoms in total. The third-order valence-electron chi connectivity index (χ3n) is 2.77. The third-order valence-corrected chi connectivity index (χ3v) is 2.77. The highest BCUT2D eigenvalue weighted by atomic mass is 16.6. The topological polar surface area (TPSA) is 83.5 Å². The van der Waals surface area contributed by atoms with E-state index >= 15 is 0 Å². The van der Waals surface area contributed by atoms with Gasteiger partial charge in [0.1, 0.15) is 12.4 Å². The van der Waals surface area contributed by atoms with E-state index in [4.69, 9.17) is 28.8 Å². The Morgan fingerprint density at radius 3 is 1.78 bits per heavy atom. The maximum atomic E-state index is 10.7. The van der Waals surface area contributed by atoms with E-state index in [0.717, 1.165) is 0 Å². The lowest BCUT2D eigenvalue weighted by Gasteiger charge is -2.08. The van der Waals surface area contributed by atoms with E-state index in [1.807, 2.05) is 0 Å². The molecule has 0 aliphatic rings. The predicted octanol–water partition coefficient (Wildman–Crippen LogP) is 1.46. The van der Waals surface area contributed by atoms with Crippen LogP contribution in [0.25, 0.3) is 0 Å². The van der Waals surface area contributed by atoms with Gasteiger partial charge in [0, 0.05) is 7.11 Å². The molecule has 1 aromatic rings. The molecule has 0 amide bonds. The molecule has 1 N–H and O–H groups in total. The van der Waals surface area contributed by atoms with Crippen LogP contribution in [0.4, 0.5) is 0 Å². The molecule has 0 unspecified atom stereocenters. The van der Waals surface area contributed by atoms with Gasteiger partial charge in [0.15, 0.2) is 0 Å². The molecule has 1 aromatic carbocycles. The lowest BCUT2D eigenvalue weighted by Crippen LogP contribution is -2.13. The van der Waals surface area contributed by atoms with Gasteiger partial charge in [0.2, 0.25) is 0 Å². The molecule has 0 radical (unpaired) electrons.